The normalized spacial score (nSPS) is 20.0. The van der Waals surface area contributed by atoms with E-state index in [9.17, 15) is 14.1 Å². The second-order valence-electron chi connectivity index (χ2n) is 9.78. The van der Waals surface area contributed by atoms with Gasteiger partial charge in [-0.1, -0.05) is 0 Å². The van der Waals surface area contributed by atoms with Crippen LogP contribution in [0, 0.1) is 5.41 Å². The lowest BCUT2D eigenvalue weighted by Gasteiger charge is -2.38. The third-order valence-corrected chi connectivity index (χ3v) is 7.02. The summed E-state index contributed by atoms with van der Waals surface area (Å²) in [5.74, 6) is 0.122. The first kappa shape index (κ1) is 22.1. The molecule has 0 saturated carbocycles. The molecule has 8 heteroatoms. The van der Waals surface area contributed by atoms with Crippen LogP contribution in [0.4, 0.5) is 4.79 Å². The first-order valence-corrected chi connectivity index (χ1v) is 11.2. The van der Waals surface area contributed by atoms with E-state index in [0.29, 0.717) is 44.3 Å². The summed E-state index contributed by atoms with van der Waals surface area (Å²) in [4.78, 5) is 31.9. The molecule has 0 radical (unpaired) electrons. The Morgan fingerprint density at radius 3 is 2.45 bits per heavy atom. The van der Waals surface area contributed by atoms with E-state index in [-0.39, 0.29) is 11.9 Å². The van der Waals surface area contributed by atoms with E-state index in [4.69, 9.17) is 14.9 Å². The van der Waals surface area contributed by atoms with Crippen LogP contribution in [0.2, 0.25) is 0 Å². The molecule has 160 valence electrons. The van der Waals surface area contributed by atoms with Gasteiger partial charge in [0.25, 0.3) is 0 Å². The van der Waals surface area contributed by atoms with Gasteiger partial charge in [-0.05, 0) is 59.6 Å². The first-order chi connectivity index (χ1) is 13.3. The molecule has 0 aromatic carbocycles. The molecule has 1 saturated heterocycles. The molecule has 1 aliphatic carbocycles. The van der Waals surface area contributed by atoms with Crippen molar-refractivity contribution in [2.75, 3.05) is 13.1 Å². The van der Waals surface area contributed by atoms with Gasteiger partial charge in [0.1, 0.15) is 10.3 Å². The Morgan fingerprint density at radius 2 is 1.90 bits per heavy atom. The molecule has 1 fully saturated rings. The number of hydrogen-bond donors (Lipinski definition) is 1. The van der Waals surface area contributed by atoms with Gasteiger partial charge < -0.3 is 14.2 Å². The van der Waals surface area contributed by atoms with E-state index >= 15 is 0 Å². The van der Waals surface area contributed by atoms with Crippen LogP contribution in [-0.4, -0.2) is 49.8 Å². The third kappa shape index (κ3) is 4.59. The molecule has 1 aromatic heterocycles. The van der Waals surface area contributed by atoms with Crippen molar-refractivity contribution in [3.8, 4) is 0 Å². The van der Waals surface area contributed by atoms with Crippen molar-refractivity contribution in [2.24, 2.45) is 10.6 Å². The van der Waals surface area contributed by atoms with Crippen LogP contribution >= 0.6 is 0 Å². The maximum absolute atomic E-state index is 13.1. The summed E-state index contributed by atoms with van der Waals surface area (Å²) >= 11 is -1.46. The number of carbonyl (C=O) groups is 2. The average Bonchev–Trinajstić information content (AvgIpc) is 2.85. The second-order valence-corrected chi connectivity index (χ2v) is 11.5. The summed E-state index contributed by atoms with van der Waals surface area (Å²) in [6.45, 7) is 10.2. The Bertz CT molecular complexity index is 809. The second kappa shape index (κ2) is 7.56. The number of likely N-dealkylation sites (tertiary alicyclic amines) is 1. The number of amides is 1. The molecule has 2 N–H and O–H groups in total. The highest BCUT2D eigenvalue weighted by molar-refractivity contribution is 7.90. The van der Waals surface area contributed by atoms with Crippen LogP contribution < -0.4 is 5.14 Å². The van der Waals surface area contributed by atoms with Crippen LogP contribution in [0.1, 0.15) is 69.2 Å². The maximum atomic E-state index is 13.1. The molecule has 1 amide bonds. The fourth-order valence-electron chi connectivity index (χ4n) is 4.03. The number of hydrogen-bond acceptors (Lipinski definition) is 6. The molecule has 2 aliphatic rings. The SMILES string of the molecule is CC(C)(C)OC(=O)N1CCC2(CC1)Cc1nc(CC(C)(C)[S+](N)[O-])ccc1C2=O. The molecule has 7 nitrogen and oxygen atoms in total. The van der Waals surface area contributed by atoms with Crippen LogP contribution in [0.15, 0.2) is 12.1 Å². The first-order valence-electron chi connectivity index (χ1n) is 10.0. The van der Waals surface area contributed by atoms with E-state index in [2.05, 4.69) is 0 Å². The van der Waals surface area contributed by atoms with E-state index in [0.717, 1.165) is 11.4 Å². The highest BCUT2D eigenvalue weighted by Gasteiger charge is 2.48. The lowest BCUT2D eigenvalue weighted by Crippen LogP contribution is -2.47. The Kier molecular flexibility index (Phi) is 5.75. The number of fused-ring (bicyclic) bond motifs is 1. The Labute approximate surface area is 175 Å². The molecule has 29 heavy (non-hydrogen) atoms. The smallest absolute Gasteiger partial charge is 0.410 e. The summed E-state index contributed by atoms with van der Waals surface area (Å²) < 4.78 is 16.6. The zero-order valence-corrected chi connectivity index (χ0v) is 18.7. The van der Waals surface area contributed by atoms with Gasteiger partial charge in [-0.2, -0.15) is 5.14 Å². The van der Waals surface area contributed by atoms with E-state index < -0.39 is 27.1 Å². The van der Waals surface area contributed by atoms with E-state index in [1.54, 1.807) is 4.90 Å². The number of ether oxygens (including phenoxy) is 1. The number of carbonyl (C=O) groups excluding carboxylic acids is 2. The summed E-state index contributed by atoms with van der Waals surface area (Å²) in [5, 5.41) is 5.59. The standard InChI is InChI=1S/C21H31N3O4S/c1-19(2,3)28-18(26)24-10-8-21(9-11-24)13-16-15(17(21)25)7-6-14(23-16)12-20(4,5)29(22)27/h6-7H,8-13,22H2,1-5H3. The lowest BCUT2D eigenvalue weighted by molar-refractivity contribution is 0.0113. The molecular weight excluding hydrogens is 390 g/mol. The van der Waals surface area contributed by atoms with Gasteiger partial charge in [-0.3, -0.25) is 9.78 Å². The van der Waals surface area contributed by atoms with Gasteiger partial charge >= 0.3 is 6.09 Å². The quantitative estimate of drug-likeness (QED) is 0.752. The van der Waals surface area contributed by atoms with Crippen LogP contribution in [-0.2, 0) is 28.9 Å². The third-order valence-electron chi connectivity index (χ3n) is 5.79. The summed E-state index contributed by atoms with van der Waals surface area (Å²) in [7, 11) is 0. The lowest BCUT2D eigenvalue weighted by atomic mass is 9.75. The summed E-state index contributed by atoms with van der Waals surface area (Å²) in [5.41, 5.74) is 1.25. The number of ketones is 1. The highest BCUT2D eigenvalue weighted by Crippen LogP contribution is 2.44. The molecule has 3 rings (SSSR count). The van der Waals surface area contributed by atoms with Crippen molar-refractivity contribution in [1.82, 2.24) is 9.88 Å². The molecule has 1 aromatic rings. The zero-order chi connectivity index (χ0) is 21.6. The van der Waals surface area contributed by atoms with Crippen molar-refractivity contribution >= 4 is 23.2 Å². The topological polar surface area (TPSA) is 109 Å². The monoisotopic (exact) mass is 421 g/mol. The van der Waals surface area contributed by atoms with Gasteiger partial charge in [0.05, 0.1) is 5.69 Å². The van der Waals surface area contributed by atoms with Crippen molar-refractivity contribution in [1.29, 1.82) is 0 Å². The number of piperidine rings is 1. The predicted octanol–water partition coefficient (Wildman–Crippen LogP) is 2.78. The highest BCUT2D eigenvalue weighted by atomic mass is 32.2. The molecule has 1 aliphatic heterocycles. The summed E-state index contributed by atoms with van der Waals surface area (Å²) in [6, 6.07) is 3.67. The number of nitrogens with two attached hydrogens (primary N) is 1. The van der Waals surface area contributed by atoms with Crippen molar-refractivity contribution in [3.63, 3.8) is 0 Å². The molecule has 1 atom stereocenters. The van der Waals surface area contributed by atoms with Crippen LogP contribution in [0.5, 0.6) is 0 Å². The largest absolute Gasteiger partial charge is 0.598 e. The molecule has 2 heterocycles. The fraction of sp³-hybridized carbons (Fsp3) is 0.667. The fourth-order valence-corrected chi connectivity index (χ4v) is 4.32. The minimum absolute atomic E-state index is 0.122. The van der Waals surface area contributed by atoms with Gasteiger partial charge in [0, 0.05) is 54.0 Å². The number of aromatic nitrogens is 1. The zero-order valence-electron chi connectivity index (χ0n) is 17.9. The average molecular weight is 422 g/mol. The van der Waals surface area contributed by atoms with Gasteiger partial charge in [-0.25, -0.2) is 4.79 Å². The minimum atomic E-state index is -1.46. The van der Waals surface area contributed by atoms with E-state index in [1.807, 2.05) is 46.8 Å². The maximum Gasteiger partial charge on any atom is 0.410 e. The molecule has 1 spiro atoms. The van der Waals surface area contributed by atoms with Crippen LogP contribution in [0.25, 0.3) is 0 Å². The predicted molar refractivity (Wildman–Crippen MR) is 112 cm³/mol. The molecule has 1 unspecified atom stereocenters. The van der Waals surface area contributed by atoms with Crippen LogP contribution in [0.3, 0.4) is 0 Å². The van der Waals surface area contributed by atoms with Crippen molar-refractivity contribution < 1.29 is 18.9 Å². The van der Waals surface area contributed by atoms with Crippen molar-refractivity contribution in [2.45, 2.75) is 70.7 Å². The number of pyridine rings is 1. The number of Topliss-reactive ketones (excluding diaryl/α,β-unsaturated/α-hetero) is 1. The van der Waals surface area contributed by atoms with E-state index in [1.165, 1.54) is 0 Å². The molecular formula is C21H31N3O4S. The molecule has 0 bridgehead atoms. The van der Waals surface area contributed by atoms with Gasteiger partial charge in [-0.15, -0.1) is 0 Å². The van der Waals surface area contributed by atoms with Gasteiger partial charge in [0.15, 0.2) is 5.78 Å². The number of nitrogens with zero attached hydrogens (tertiary/aromatic N) is 2. The Balaban J connectivity index is 1.70. The Hall–Kier alpha value is -1.64. The Morgan fingerprint density at radius 1 is 1.28 bits per heavy atom. The van der Waals surface area contributed by atoms with Crippen molar-refractivity contribution in [3.05, 3.63) is 29.1 Å². The summed E-state index contributed by atoms with van der Waals surface area (Å²) in [6.07, 6.45) is 1.96. The number of rotatable bonds is 3. The minimum Gasteiger partial charge on any atom is -0.598 e. The van der Waals surface area contributed by atoms with Gasteiger partial charge in [0.2, 0.25) is 0 Å².